The van der Waals surface area contributed by atoms with E-state index in [0.717, 1.165) is 17.5 Å². The molecule has 0 saturated heterocycles. The van der Waals surface area contributed by atoms with Crippen molar-refractivity contribution < 1.29 is 14.3 Å². The first-order valence-corrected chi connectivity index (χ1v) is 8.64. The minimum Gasteiger partial charge on any atom is -0.482 e. The monoisotopic (exact) mass is 357 g/mol. The van der Waals surface area contributed by atoms with Gasteiger partial charge in [-0.3, -0.25) is 0 Å². The Morgan fingerprint density at radius 1 is 0.889 bits per heavy atom. The van der Waals surface area contributed by atoms with E-state index in [4.69, 9.17) is 14.7 Å². The second kappa shape index (κ2) is 9.21. The van der Waals surface area contributed by atoms with Gasteiger partial charge in [-0.05, 0) is 34.9 Å². The van der Waals surface area contributed by atoms with Crippen molar-refractivity contribution in [3.8, 4) is 11.8 Å². The Bertz CT molecular complexity index is 945. The zero-order valence-electron chi connectivity index (χ0n) is 14.8. The van der Waals surface area contributed by atoms with E-state index >= 15 is 0 Å². The predicted octanol–water partition coefficient (Wildman–Crippen LogP) is 4.27. The highest BCUT2D eigenvalue weighted by atomic mass is 16.6. The number of rotatable bonds is 7. The number of benzene rings is 3. The standard InChI is InChI=1S/C23H19NO3/c24-15-19-9-6-10-20(13-19)16-27-23(25)17-26-22-12-5-4-11-21(22)14-18-7-2-1-3-8-18/h1-13H,14,16-17H2. The van der Waals surface area contributed by atoms with Crippen molar-refractivity contribution in [1.29, 1.82) is 5.26 Å². The van der Waals surface area contributed by atoms with Crippen LogP contribution in [-0.4, -0.2) is 12.6 Å². The fraction of sp³-hybridized carbons (Fsp3) is 0.130. The molecule has 134 valence electrons. The molecule has 0 amide bonds. The van der Waals surface area contributed by atoms with Crippen molar-refractivity contribution in [3.05, 3.63) is 101 Å². The normalized spacial score (nSPS) is 10.0. The molecule has 0 heterocycles. The summed E-state index contributed by atoms with van der Waals surface area (Å²) in [5, 5.41) is 8.90. The lowest BCUT2D eigenvalue weighted by molar-refractivity contribution is -0.147. The zero-order chi connectivity index (χ0) is 18.9. The van der Waals surface area contributed by atoms with Crippen molar-refractivity contribution in [2.75, 3.05) is 6.61 Å². The molecule has 0 bridgehead atoms. The predicted molar refractivity (Wildman–Crippen MR) is 102 cm³/mol. The van der Waals surface area contributed by atoms with E-state index in [-0.39, 0.29) is 13.2 Å². The summed E-state index contributed by atoms with van der Waals surface area (Å²) >= 11 is 0. The van der Waals surface area contributed by atoms with Gasteiger partial charge in [-0.25, -0.2) is 4.79 Å². The summed E-state index contributed by atoms with van der Waals surface area (Å²) < 4.78 is 10.9. The van der Waals surface area contributed by atoms with Crippen LogP contribution in [0, 0.1) is 11.3 Å². The van der Waals surface area contributed by atoms with Crippen LogP contribution in [0.2, 0.25) is 0 Å². The van der Waals surface area contributed by atoms with Gasteiger partial charge in [0.2, 0.25) is 0 Å². The minimum absolute atomic E-state index is 0.114. The molecule has 0 saturated carbocycles. The van der Waals surface area contributed by atoms with Gasteiger partial charge in [0.25, 0.3) is 0 Å². The fourth-order valence-electron chi connectivity index (χ4n) is 2.68. The van der Waals surface area contributed by atoms with Crippen molar-refractivity contribution in [1.82, 2.24) is 0 Å². The largest absolute Gasteiger partial charge is 0.482 e. The summed E-state index contributed by atoms with van der Waals surface area (Å²) in [6, 6.07) is 26.8. The molecule has 0 radical (unpaired) electrons. The number of para-hydroxylation sites is 1. The Kier molecular flexibility index (Phi) is 6.21. The second-order valence-electron chi connectivity index (χ2n) is 6.03. The van der Waals surface area contributed by atoms with Crippen LogP contribution in [0.4, 0.5) is 0 Å². The third kappa shape index (κ3) is 5.45. The first-order valence-electron chi connectivity index (χ1n) is 8.64. The van der Waals surface area contributed by atoms with Crippen LogP contribution in [0.5, 0.6) is 5.75 Å². The van der Waals surface area contributed by atoms with Crippen LogP contribution in [0.3, 0.4) is 0 Å². The van der Waals surface area contributed by atoms with E-state index < -0.39 is 5.97 Å². The number of hydrogen-bond donors (Lipinski definition) is 0. The lowest BCUT2D eigenvalue weighted by atomic mass is 10.0. The molecule has 3 rings (SSSR count). The number of ether oxygens (including phenoxy) is 2. The van der Waals surface area contributed by atoms with Crippen molar-refractivity contribution in [2.24, 2.45) is 0 Å². The Labute approximate surface area is 158 Å². The first-order chi connectivity index (χ1) is 13.2. The van der Waals surface area contributed by atoms with Crippen LogP contribution in [0.15, 0.2) is 78.9 Å². The van der Waals surface area contributed by atoms with Gasteiger partial charge in [0.15, 0.2) is 6.61 Å². The van der Waals surface area contributed by atoms with Crippen molar-refractivity contribution in [2.45, 2.75) is 13.0 Å². The van der Waals surface area contributed by atoms with Crippen LogP contribution in [0.25, 0.3) is 0 Å². The summed E-state index contributed by atoms with van der Waals surface area (Å²) in [5.41, 5.74) is 3.49. The second-order valence-corrected chi connectivity index (χ2v) is 6.03. The van der Waals surface area contributed by atoms with E-state index in [9.17, 15) is 4.79 Å². The molecule has 0 spiro atoms. The molecule has 0 N–H and O–H groups in total. The average molecular weight is 357 g/mol. The molecule has 27 heavy (non-hydrogen) atoms. The van der Waals surface area contributed by atoms with Gasteiger partial charge in [0.05, 0.1) is 11.6 Å². The van der Waals surface area contributed by atoms with E-state index in [1.165, 1.54) is 5.56 Å². The third-order valence-electron chi connectivity index (χ3n) is 4.01. The molecule has 0 fully saturated rings. The summed E-state index contributed by atoms with van der Waals surface area (Å²) in [6.45, 7) is -0.0485. The Morgan fingerprint density at radius 2 is 1.63 bits per heavy atom. The lowest BCUT2D eigenvalue weighted by Crippen LogP contribution is -2.15. The highest BCUT2D eigenvalue weighted by Gasteiger charge is 2.09. The molecule has 4 nitrogen and oxygen atoms in total. The summed E-state index contributed by atoms with van der Waals surface area (Å²) in [7, 11) is 0. The number of hydrogen-bond acceptors (Lipinski definition) is 4. The Hall–Kier alpha value is -3.58. The van der Waals surface area contributed by atoms with Crippen molar-refractivity contribution >= 4 is 5.97 Å². The Morgan fingerprint density at radius 3 is 2.44 bits per heavy atom. The third-order valence-corrected chi connectivity index (χ3v) is 4.01. The maximum Gasteiger partial charge on any atom is 0.344 e. The minimum atomic E-state index is -0.452. The first kappa shape index (κ1) is 18.2. The molecular weight excluding hydrogens is 338 g/mol. The smallest absolute Gasteiger partial charge is 0.344 e. The van der Waals surface area contributed by atoms with E-state index in [2.05, 4.69) is 18.2 Å². The molecule has 4 heteroatoms. The quantitative estimate of drug-likeness (QED) is 0.593. The number of carbonyl (C=O) groups excluding carboxylic acids is 1. The number of esters is 1. The number of carbonyl (C=O) groups is 1. The van der Waals surface area contributed by atoms with E-state index in [1.54, 1.807) is 18.2 Å². The summed E-state index contributed by atoms with van der Waals surface area (Å²) in [6.07, 6.45) is 0.729. The molecule has 0 unspecified atom stereocenters. The van der Waals surface area contributed by atoms with Gasteiger partial charge in [0.1, 0.15) is 12.4 Å². The lowest BCUT2D eigenvalue weighted by Gasteiger charge is -2.11. The van der Waals surface area contributed by atoms with Gasteiger partial charge >= 0.3 is 5.97 Å². The fourth-order valence-corrected chi connectivity index (χ4v) is 2.68. The van der Waals surface area contributed by atoms with E-state index in [0.29, 0.717) is 11.3 Å². The SMILES string of the molecule is N#Cc1cccc(COC(=O)COc2ccccc2Cc2ccccc2)c1. The van der Waals surface area contributed by atoms with Gasteiger partial charge < -0.3 is 9.47 Å². The molecule has 0 atom stereocenters. The average Bonchev–Trinajstić information content (AvgIpc) is 2.72. The highest BCUT2D eigenvalue weighted by molar-refractivity contribution is 5.71. The molecule has 0 aliphatic heterocycles. The molecule has 0 aliphatic rings. The topological polar surface area (TPSA) is 59.3 Å². The van der Waals surface area contributed by atoms with Gasteiger partial charge in [-0.2, -0.15) is 5.26 Å². The summed E-state index contributed by atoms with van der Waals surface area (Å²) in [5.74, 6) is 0.219. The van der Waals surface area contributed by atoms with Gasteiger partial charge in [0, 0.05) is 6.42 Å². The highest BCUT2D eigenvalue weighted by Crippen LogP contribution is 2.21. The Balaban J connectivity index is 1.55. The zero-order valence-corrected chi connectivity index (χ0v) is 14.8. The molecule has 3 aromatic rings. The molecular formula is C23H19NO3. The van der Waals surface area contributed by atoms with E-state index in [1.807, 2.05) is 48.5 Å². The molecule has 0 aromatic heterocycles. The van der Waals surface area contributed by atoms with Crippen LogP contribution < -0.4 is 4.74 Å². The molecule has 0 aliphatic carbocycles. The maximum absolute atomic E-state index is 12.0. The van der Waals surface area contributed by atoms with Gasteiger partial charge in [-0.1, -0.05) is 60.7 Å². The van der Waals surface area contributed by atoms with Crippen LogP contribution >= 0.6 is 0 Å². The number of nitriles is 1. The molecule has 3 aromatic carbocycles. The van der Waals surface area contributed by atoms with Crippen LogP contribution in [0.1, 0.15) is 22.3 Å². The van der Waals surface area contributed by atoms with Gasteiger partial charge in [-0.15, -0.1) is 0 Å². The summed E-state index contributed by atoms with van der Waals surface area (Å²) in [4.78, 5) is 12.0. The number of nitrogens with zero attached hydrogens (tertiary/aromatic N) is 1. The van der Waals surface area contributed by atoms with Crippen molar-refractivity contribution in [3.63, 3.8) is 0 Å². The maximum atomic E-state index is 12.0. The van der Waals surface area contributed by atoms with Crippen LogP contribution in [-0.2, 0) is 22.6 Å².